The Morgan fingerprint density at radius 2 is 1.94 bits per heavy atom. The highest BCUT2D eigenvalue weighted by molar-refractivity contribution is 6.07. The van der Waals surface area contributed by atoms with Crippen molar-refractivity contribution in [3.8, 4) is 0 Å². The fourth-order valence-electron chi connectivity index (χ4n) is 5.48. The predicted octanol–water partition coefficient (Wildman–Crippen LogP) is 3.63. The smallest absolute Gasteiger partial charge is 0.303 e. The zero-order valence-corrected chi connectivity index (χ0v) is 18.3. The first kappa shape index (κ1) is 20.7. The number of hydrogen-bond acceptors (Lipinski definition) is 4. The summed E-state index contributed by atoms with van der Waals surface area (Å²) < 4.78 is 1.98. The number of nitrogens with one attached hydrogen (secondary N) is 1. The molecule has 8 heteroatoms. The van der Waals surface area contributed by atoms with E-state index in [1.165, 1.54) is 0 Å². The molecule has 0 spiro atoms. The van der Waals surface area contributed by atoms with Crippen molar-refractivity contribution < 1.29 is 14.7 Å². The average Bonchev–Trinajstić information content (AvgIpc) is 3.43. The van der Waals surface area contributed by atoms with Crippen LogP contribution in [0.5, 0.6) is 0 Å². The normalized spacial score (nSPS) is 19.8. The Labute approximate surface area is 185 Å². The molecule has 2 aliphatic rings. The van der Waals surface area contributed by atoms with E-state index >= 15 is 0 Å². The van der Waals surface area contributed by atoms with Gasteiger partial charge in [0.2, 0.25) is 0 Å². The van der Waals surface area contributed by atoms with E-state index in [9.17, 15) is 14.4 Å². The minimum absolute atomic E-state index is 0.0159. The highest BCUT2D eigenvalue weighted by Gasteiger charge is 2.28. The first-order chi connectivity index (χ1) is 15.4. The second-order valence-electron chi connectivity index (χ2n) is 9.31. The lowest BCUT2D eigenvalue weighted by Crippen LogP contribution is -2.40. The van der Waals surface area contributed by atoms with Gasteiger partial charge in [0, 0.05) is 30.5 Å². The van der Waals surface area contributed by atoms with E-state index in [0.717, 1.165) is 55.0 Å². The third-order valence-electron chi connectivity index (χ3n) is 7.08. The maximum absolute atomic E-state index is 13.5. The maximum atomic E-state index is 13.5. The van der Waals surface area contributed by atoms with Crippen LogP contribution in [0.4, 0.5) is 0 Å². The molecule has 5 rings (SSSR count). The number of benzene rings is 1. The zero-order chi connectivity index (χ0) is 22.4. The molecule has 1 saturated carbocycles. The second kappa shape index (κ2) is 8.07. The maximum Gasteiger partial charge on any atom is 0.303 e. The van der Waals surface area contributed by atoms with Gasteiger partial charge in [-0.05, 0) is 56.2 Å². The van der Waals surface area contributed by atoms with Crippen LogP contribution >= 0.6 is 0 Å². The van der Waals surface area contributed by atoms with Crippen LogP contribution in [0, 0.1) is 12.8 Å². The SMILES string of the molecule is Cc1cc2[nH]c(=O)c3cnn(C4CCCC4)c3c2cc1C(=O)N1CCCC(CC(=O)O)C1. The summed E-state index contributed by atoms with van der Waals surface area (Å²) in [5.41, 5.74) is 2.74. The Morgan fingerprint density at radius 3 is 2.69 bits per heavy atom. The van der Waals surface area contributed by atoms with Gasteiger partial charge in [-0.25, -0.2) is 0 Å². The number of H-pyrrole nitrogens is 1. The number of carboxylic acids is 1. The molecule has 1 aliphatic heterocycles. The zero-order valence-electron chi connectivity index (χ0n) is 18.3. The lowest BCUT2D eigenvalue weighted by atomic mass is 9.93. The van der Waals surface area contributed by atoms with E-state index in [1.807, 2.05) is 23.7 Å². The van der Waals surface area contributed by atoms with Crippen molar-refractivity contribution in [2.45, 2.75) is 57.9 Å². The minimum atomic E-state index is -0.822. The number of aryl methyl sites for hydroxylation is 1. The number of fused-ring (bicyclic) bond motifs is 3. The molecule has 2 fully saturated rings. The number of hydrogen-bond donors (Lipinski definition) is 2. The van der Waals surface area contributed by atoms with E-state index in [4.69, 9.17) is 5.11 Å². The quantitative estimate of drug-likeness (QED) is 0.649. The summed E-state index contributed by atoms with van der Waals surface area (Å²) in [5.74, 6) is -0.915. The molecule has 1 saturated heterocycles. The standard InChI is InChI=1S/C24H28N4O4/c1-14-9-20-18(11-17(14)24(32)27-8-4-5-15(13-27)10-21(29)30)22-19(23(31)26-20)12-25-28(22)16-6-2-3-7-16/h9,11-12,15-16H,2-8,10,13H2,1H3,(H,26,31)(H,29,30). The summed E-state index contributed by atoms with van der Waals surface area (Å²) in [6.45, 7) is 2.97. The van der Waals surface area contributed by atoms with E-state index in [1.54, 1.807) is 11.1 Å². The van der Waals surface area contributed by atoms with Gasteiger partial charge in [-0.1, -0.05) is 12.8 Å². The Bertz CT molecular complexity index is 1270. The average molecular weight is 437 g/mol. The molecule has 2 N–H and O–H groups in total. The van der Waals surface area contributed by atoms with Crippen molar-refractivity contribution in [1.29, 1.82) is 0 Å². The fourth-order valence-corrected chi connectivity index (χ4v) is 5.48. The van der Waals surface area contributed by atoms with E-state index < -0.39 is 5.97 Å². The van der Waals surface area contributed by atoms with Gasteiger partial charge >= 0.3 is 5.97 Å². The molecule has 8 nitrogen and oxygen atoms in total. The predicted molar refractivity (Wildman–Crippen MR) is 121 cm³/mol. The molecule has 3 heterocycles. The monoisotopic (exact) mass is 436 g/mol. The lowest BCUT2D eigenvalue weighted by molar-refractivity contribution is -0.138. The van der Waals surface area contributed by atoms with E-state index in [2.05, 4.69) is 10.1 Å². The number of carbonyl (C=O) groups excluding carboxylic acids is 1. The summed E-state index contributed by atoms with van der Waals surface area (Å²) in [6.07, 6.45) is 7.75. The molecule has 32 heavy (non-hydrogen) atoms. The summed E-state index contributed by atoms with van der Waals surface area (Å²) in [6, 6.07) is 4.03. The molecule has 168 valence electrons. The summed E-state index contributed by atoms with van der Waals surface area (Å²) in [4.78, 5) is 42.0. The van der Waals surface area contributed by atoms with Crippen LogP contribution in [0.1, 0.15) is 66.9 Å². The minimum Gasteiger partial charge on any atom is -0.481 e. The molecule has 1 unspecified atom stereocenters. The molecule has 1 atom stereocenters. The molecule has 1 amide bonds. The molecule has 0 bridgehead atoms. The van der Waals surface area contributed by atoms with Crippen molar-refractivity contribution in [3.05, 3.63) is 39.8 Å². The number of rotatable bonds is 4. The van der Waals surface area contributed by atoms with Gasteiger partial charge in [-0.15, -0.1) is 0 Å². The number of likely N-dealkylation sites (tertiary alicyclic amines) is 1. The van der Waals surface area contributed by atoms with Crippen molar-refractivity contribution in [2.24, 2.45) is 5.92 Å². The van der Waals surface area contributed by atoms with E-state index in [0.29, 0.717) is 29.6 Å². The summed E-state index contributed by atoms with van der Waals surface area (Å²) >= 11 is 0. The van der Waals surface area contributed by atoms with Crippen molar-refractivity contribution in [1.82, 2.24) is 19.7 Å². The Balaban J connectivity index is 1.59. The number of aromatic amines is 1. The number of amides is 1. The largest absolute Gasteiger partial charge is 0.481 e. The van der Waals surface area contributed by atoms with Crippen LogP contribution in [0.15, 0.2) is 23.1 Å². The number of carbonyl (C=O) groups is 2. The first-order valence-electron chi connectivity index (χ1n) is 11.5. The Hall–Kier alpha value is -3.16. The number of aliphatic carboxylic acids is 1. The highest BCUT2D eigenvalue weighted by Crippen LogP contribution is 2.34. The number of pyridine rings is 1. The van der Waals surface area contributed by atoms with Crippen LogP contribution in [0.2, 0.25) is 0 Å². The van der Waals surface area contributed by atoms with Gasteiger partial charge < -0.3 is 15.0 Å². The van der Waals surface area contributed by atoms with Crippen LogP contribution in [0.25, 0.3) is 21.8 Å². The summed E-state index contributed by atoms with van der Waals surface area (Å²) in [5, 5.41) is 15.1. The molecule has 2 aromatic heterocycles. The number of aromatic nitrogens is 3. The number of piperidine rings is 1. The topological polar surface area (TPSA) is 108 Å². The van der Waals surface area contributed by atoms with Crippen molar-refractivity contribution in [2.75, 3.05) is 13.1 Å². The van der Waals surface area contributed by atoms with Gasteiger partial charge in [0.25, 0.3) is 11.5 Å². The van der Waals surface area contributed by atoms with Crippen LogP contribution in [-0.2, 0) is 4.79 Å². The Kier molecular flexibility index (Phi) is 5.23. The summed E-state index contributed by atoms with van der Waals surface area (Å²) in [7, 11) is 0. The van der Waals surface area contributed by atoms with Crippen LogP contribution in [-0.4, -0.2) is 49.7 Å². The van der Waals surface area contributed by atoms with Gasteiger partial charge in [0.05, 0.1) is 28.7 Å². The van der Waals surface area contributed by atoms with Crippen LogP contribution in [0.3, 0.4) is 0 Å². The third kappa shape index (κ3) is 3.57. The Morgan fingerprint density at radius 1 is 1.16 bits per heavy atom. The molecule has 0 radical (unpaired) electrons. The lowest BCUT2D eigenvalue weighted by Gasteiger charge is -2.32. The van der Waals surface area contributed by atoms with Gasteiger partial charge in [-0.2, -0.15) is 5.10 Å². The second-order valence-corrected chi connectivity index (χ2v) is 9.31. The van der Waals surface area contributed by atoms with Crippen molar-refractivity contribution >= 4 is 33.7 Å². The first-order valence-corrected chi connectivity index (χ1v) is 11.5. The molecular weight excluding hydrogens is 408 g/mol. The van der Waals surface area contributed by atoms with Crippen molar-refractivity contribution in [3.63, 3.8) is 0 Å². The molecule has 3 aromatic rings. The molecular formula is C24H28N4O4. The number of carboxylic acid groups (broad SMARTS) is 1. The fraction of sp³-hybridized carbons (Fsp3) is 0.500. The third-order valence-corrected chi connectivity index (χ3v) is 7.08. The van der Waals surface area contributed by atoms with E-state index in [-0.39, 0.29) is 29.8 Å². The van der Waals surface area contributed by atoms with Gasteiger partial charge in [0.1, 0.15) is 0 Å². The molecule has 1 aromatic carbocycles. The van der Waals surface area contributed by atoms with Crippen LogP contribution < -0.4 is 5.56 Å². The van der Waals surface area contributed by atoms with Gasteiger partial charge in [-0.3, -0.25) is 19.1 Å². The number of nitrogens with zero attached hydrogens (tertiary/aromatic N) is 3. The molecule has 1 aliphatic carbocycles. The van der Waals surface area contributed by atoms with Gasteiger partial charge in [0.15, 0.2) is 0 Å². The highest BCUT2D eigenvalue weighted by atomic mass is 16.4.